The second-order valence-corrected chi connectivity index (χ2v) is 4.72. The van der Waals surface area contributed by atoms with Crippen molar-refractivity contribution < 1.29 is 24.5 Å². The normalized spacial score (nSPS) is 15.4. The standard InChI is InChI=1S/C13H25NO5/c1-4-6-7-10(5-2)8-19-13(18)14-11(9(3)15)12(16)17/h9-11,15H,4-8H2,1-3H3,(H,14,18)(H,16,17)/t9-,10?,11+/m1/s1. The van der Waals surface area contributed by atoms with Gasteiger partial charge in [0.1, 0.15) is 0 Å². The summed E-state index contributed by atoms with van der Waals surface area (Å²) < 4.78 is 5.00. The van der Waals surface area contributed by atoms with Gasteiger partial charge in [-0.1, -0.05) is 33.1 Å². The number of aliphatic carboxylic acids is 1. The molecular formula is C13H25NO5. The smallest absolute Gasteiger partial charge is 0.407 e. The topological polar surface area (TPSA) is 95.9 Å². The van der Waals surface area contributed by atoms with Crippen molar-refractivity contribution in [2.24, 2.45) is 5.92 Å². The Bertz CT molecular complexity index is 280. The summed E-state index contributed by atoms with van der Waals surface area (Å²) >= 11 is 0. The third kappa shape index (κ3) is 7.66. The Labute approximate surface area is 114 Å². The van der Waals surface area contributed by atoms with Crippen LogP contribution in [-0.2, 0) is 9.53 Å². The van der Waals surface area contributed by atoms with Crippen molar-refractivity contribution in [3.63, 3.8) is 0 Å². The maximum absolute atomic E-state index is 11.4. The number of rotatable bonds is 9. The summed E-state index contributed by atoms with van der Waals surface area (Å²) in [6.07, 6.45) is 2.08. The van der Waals surface area contributed by atoms with Crippen LogP contribution in [0.3, 0.4) is 0 Å². The lowest BCUT2D eigenvalue weighted by Gasteiger charge is -2.19. The minimum absolute atomic E-state index is 0.272. The minimum Gasteiger partial charge on any atom is -0.480 e. The Morgan fingerprint density at radius 3 is 2.37 bits per heavy atom. The zero-order valence-electron chi connectivity index (χ0n) is 11.9. The molecule has 19 heavy (non-hydrogen) atoms. The highest BCUT2D eigenvalue weighted by molar-refractivity contribution is 5.80. The van der Waals surface area contributed by atoms with E-state index in [1.807, 2.05) is 6.92 Å². The Morgan fingerprint density at radius 2 is 1.95 bits per heavy atom. The number of unbranched alkanes of at least 4 members (excludes halogenated alkanes) is 1. The van der Waals surface area contributed by atoms with Crippen molar-refractivity contribution in [1.82, 2.24) is 5.32 Å². The molecule has 3 N–H and O–H groups in total. The van der Waals surface area contributed by atoms with Gasteiger partial charge in [0, 0.05) is 0 Å². The molecule has 1 unspecified atom stereocenters. The van der Waals surface area contributed by atoms with E-state index in [9.17, 15) is 14.7 Å². The molecule has 6 heteroatoms. The highest BCUT2D eigenvalue weighted by Crippen LogP contribution is 2.12. The van der Waals surface area contributed by atoms with Crippen LogP contribution in [0.15, 0.2) is 0 Å². The molecule has 0 aliphatic heterocycles. The van der Waals surface area contributed by atoms with Crippen LogP contribution in [0, 0.1) is 5.92 Å². The number of hydrogen-bond donors (Lipinski definition) is 3. The third-order valence-electron chi connectivity index (χ3n) is 3.02. The fourth-order valence-electron chi connectivity index (χ4n) is 1.65. The van der Waals surface area contributed by atoms with Gasteiger partial charge in [0.25, 0.3) is 0 Å². The van der Waals surface area contributed by atoms with Crippen molar-refractivity contribution >= 4 is 12.1 Å². The first kappa shape index (κ1) is 17.7. The molecule has 0 aliphatic rings. The van der Waals surface area contributed by atoms with Crippen LogP contribution in [-0.4, -0.2) is 41.0 Å². The average molecular weight is 275 g/mol. The monoisotopic (exact) mass is 275 g/mol. The van der Waals surface area contributed by atoms with Crippen LogP contribution >= 0.6 is 0 Å². The Hall–Kier alpha value is -1.30. The number of carbonyl (C=O) groups is 2. The molecule has 0 spiro atoms. The van der Waals surface area contributed by atoms with E-state index >= 15 is 0 Å². The van der Waals surface area contributed by atoms with Gasteiger partial charge in [0.05, 0.1) is 12.7 Å². The van der Waals surface area contributed by atoms with Crippen LogP contribution in [0.5, 0.6) is 0 Å². The largest absolute Gasteiger partial charge is 0.480 e. The molecule has 0 radical (unpaired) electrons. The number of aliphatic hydroxyl groups is 1. The number of aliphatic hydroxyl groups excluding tert-OH is 1. The predicted molar refractivity (Wildman–Crippen MR) is 70.9 cm³/mol. The molecule has 0 rings (SSSR count). The Kier molecular flexibility index (Phi) is 8.95. The number of carboxylic acid groups (broad SMARTS) is 1. The van der Waals surface area contributed by atoms with E-state index < -0.39 is 24.2 Å². The van der Waals surface area contributed by atoms with Crippen molar-refractivity contribution in [2.75, 3.05) is 6.61 Å². The van der Waals surface area contributed by atoms with E-state index in [0.29, 0.717) is 5.92 Å². The zero-order chi connectivity index (χ0) is 14.8. The van der Waals surface area contributed by atoms with Crippen LogP contribution < -0.4 is 5.32 Å². The molecule has 0 saturated carbocycles. The molecule has 112 valence electrons. The first-order valence-corrected chi connectivity index (χ1v) is 6.76. The minimum atomic E-state index is -1.34. The van der Waals surface area contributed by atoms with E-state index in [1.54, 1.807) is 0 Å². The van der Waals surface area contributed by atoms with Gasteiger partial charge in [-0.25, -0.2) is 9.59 Å². The summed E-state index contributed by atoms with van der Waals surface area (Å²) in [6, 6.07) is -1.34. The maximum Gasteiger partial charge on any atom is 0.407 e. The molecule has 0 aromatic rings. The molecule has 0 aromatic heterocycles. The van der Waals surface area contributed by atoms with Crippen LogP contribution in [0.4, 0.5) is 4.79 Å². The number of hydrogen-bond acceptors (Lipinski definition) is 4. The lowest BCUT2D eigenvalue weighted by atomic mass is 10.0. The first-order valence-electron chi connectivity index (χ1n) is 6.76. The van der Waals surface area contributed by atoms with Gasteiger partial charge < -0.3 is 20.3 Å². The molecule has 3 atom stereocenters. The summed E-state index contributed by atoms with van der Waals surface area (Å²) in [4.78, 5) is 22.2. The van der Waals surface area contributed by atoms with Gasteiger partial charge in [-0.2, -0.15) is 0 Å². The molecule has 1 amide bonds. The van der Waals surface area contributed by atoms with Gasteiger partial charge in [0.2, 0.25) is 0 Å². The highest BCUT2D eigenvalue weighted by Gasteiger charge is 2.25. The van der Waals surface area contributed by atoms with E-state index in [1.165, 1.54) is 6.92 Å². The van der Waals surface area contributed by atoms with Crippen molar-refractivity contribution in [3.05, 3.63) is 0 Å². The van der Waals surface area contributed by atoms with E-state index in [2.05, 4.69) is 12.2 Å². The quantitative estimate of drug-likeness (QED) is 0.596. The van der Waals surface area contributed by atoms with E-state index in [0.717, 1.165) is 25.7 Å². The summed E-state index contributed by atoms with van der Waals surface area (Å²) in [7, 11) is 0. The van der Waals surface area contributed by atoms with Crippen molar-refractivity contribution in [1.29, 1.82) is 0 Å². The van der Waals surface area contributed by atoms with Gasteiger partial charge in [-0.3, -0.25) is 0 Å². The molecule has 0 aliphatic carbocycles. The van der Waals surface area contributed by atoms with E-state index in [4.69, 9.17) is 9.84 Å². The van der Waals surface area contributed by atoms with Gasteiger partial charge in [-0.05, 0) is 19.3 Å². The lowest BCUT2D eigenvalue weighted by Crippen LogP contribution is -2.48. The van der Waals surface area contributed by atoms with Gasteiger partial charge in [-0.15, -0.1) is 0 Å². The second kappa shape index (κ2) is 9.61. The molecule has 0 saturated heterocycles. The highest BCUT2D eigenvalue weighted by atomic mass is 16.5. The third-order valence-corrected chi connectivity index (χ3v) is 3.02. The number of ether oxygens (including phenoxy) is 1. The Balaban J connectivity index is 4.11. The zero-order valence-corrected chi connectivity index (χ0v) is 11.9. The van der Waals surface area contributed by atoms with Crippen LogP contribution in [0.2, 0.25) is 0 Å². The summed E-state index contributed by atoms with van der Waals surface area (Å²) in [5.41, 5.74) is 0. The predicted octanol–water partition coefficient (Wildman–Crippen LogP) is 1.76. The number of carboxylic acids is 1. The number of amides is 1. The van der Waals surface area contributed by atoms with Crippen LogP contribution in [0.25, 0.3) is 0 Å². The first-order chi connectivity index (χ1) is 8.92. The summed E-state index contributed by atoms with van der Waals surface area (Å²) in [5.74, 6) is -0.995. The molecular weight excluding hydrogens is 250 g/mol. The molecule has 0 heterocycles. The molecule has 0 aromatic carbocycles. The molecule has 6 nitrogen and oxygen atoms in total. The van der Waals surface area contributed by atoms with E-state index in [-0.39, 0.29) is 6.61 Å². The maximum atomic E-state index is 11.4. The van der Waals surface area contributed by atoms with Gasteiger partial charge in [0.15, 0.2) is 6.04 Å². The number of nitrogens with one attached hydrogen (secondary N) is 1. The van der Waals surface area contributed by atoms with Crippen molar-refractivity contribution in [3.8, 4) is 0 Å². The SMILES string of the molecule is CCCCC(CC)COC(=O)N[C@H](C(=O)O)[C@@H](C)O. The van der Waals surface area contributed by atoms with Crippen molar-refractivity contribution in [2.45, 2.75) is 58.6 Å². The fraction of sp³-hybridized carbons (Fsp3) is 0.846. The molecule has 0 fully saturated rings. The number of carbonyl (C=O) groups excluding carboxylic acids is 1. The summed E-state index contributed by atoms with van der Waals surface area (Å²) in [6.45, 7) is 5.70. The summed E-state index contributed by atoms with van der Waals surface area (Å²) in [5, 5.41) is 20.2. The van der Waals surface area contributed by atoms with Crippen LogP contribution in [0.1, 0.15) is 46.5 Å². The average Bonchev–Trinajstić information content (AvgIpc) is 2.35. The second-order valence-electron chi connectivity index (χ2n) is 4.72. The fourth-order valence-corrected chi connectivity index (χ4v) is 1.65. The lowest BCUT2D eigenvalue weighted by molar-refractivity contribution is -0.142. The number of alkyl carbamates (subject to hydrolysis) is 1. The molecule has 0 bridgehead atoms. The van der Waals surface area contributed by atoms with Gasteiger partial charge >= 0.3 is 12.1 Å². The Morgan fingerprint density at radius 1 is 1.32 bits per heavy atom.